The van der Waals surface area contributed by atoms with Crippen molar-refractivity contribution in [3.63, 3.8) is 0 Å². The van der Waals surface area contributed by atoms with E-state index in [0.717, 1.165) is 22.3 Å². The Hall–Kier alpha value is -3.19. The highest BCUT2D eigenvalue weighted by Crippen LogP contribution is 2.23. The third-order valence-corrected chi connectivity index (χ3v) is 5.78. The zero-order chi connectivity index (χ0) is 21.7. The monoisotopic (exact) mass is 423 g/mol. The van der Waals surface area contributed by atoms with E-state index in [0.29, 0.717) is 17.8 Å². The predicted octanol–water partition coefficient (Wildman–Crippen LogP) is 3.59. The Kier molecular flexibility index (Phi) is 6.52. The molecular weight excluding hydrogens is 398 g/mol. The predicted molar refractivity (Wildman–Crippen MR) is 119 cm³/mol. The third-order valence-electron chi connectivity index (χ3n) is 4.64. The first-order valence-electron chi connectivity index (χ1n) is 9.54. The molecule has 1 aromatic heterocycles. The lowest BCUT2D eigenvalue weighted by molar-refractivity contribution is 0.0951. The van der Waals surface area contributed by atoms with Gasteiger partial charge in [0.25, 0.3) is 5.91 Å². The summed E-state index contributed by atoms with van der Waals surface area (Å²) in [6.45, 7) is 4.49. The summed E-state index contributed by atoms with van der Waals surface area (Å²) in [5, 5.41) is 2.87. The largest absolute Gasteiger partial charge is 0.348 e. The lowest BCUT2D eigenvalue weighted by atomic mass is 10.1. The van der Waals surface area contributed by atoms with Gasteiger partial charge in [0, 0.05) is 24.5 Å². The number of carbonyl (C=O) groups is 1. The first kappa shape index (κ1) is 21.5. The van der Waals surface area contributed by atoms with Crippen LogP contribution in [0.5, 0.6) is 0 Å². The van der Waals surface area contributed by atoms with Gasteiger partial charge in [-0.3, -0.25) is 14.1 Å². The van der Waals surface area contributed by atoms with Crippen LogP contribution in [0.1, 0.15) is 32.6 Å². The maximum absolute atomic E-state index is 12.4. The maximum Gasteiger partial charge on any atom is 0.251 e. The molecule has 0 aliphatic heterocycles. The molecular formula is C23H25N3O3S. The van der Waals surface area contributed by atoms with E-state index >= 15 is 0 Å². The molecule has 0 fully saturated rings. The van der Waals surface area contributed by atoms with Gasteiger partial charge in [0.05, 0.1) is 18.5 Å². The van der Waals surface area contributed by atoms with E-state index in [4.69, 9.17) is 0 Å². The smallest absolute Gasteiger partial charge is 0.251 e. The molecule has 0 atom stereocenters. The molecule has 0 saturated heterocycles. The van der Waals surface area contributed by atoms with Crippen LogP contribution >= 0.6 is 0 Å². The van der Waals surface area contributed by atoms with Crippen LogP contribution in [-0.2, 0) is 23.1 Å². The van der Waals surface area contributed by atoms with Crippen molar-refractivity contribution in [3.8, 4) is 0 Å². The van der Waals surface area contributed by atoms with Crippen molar-refractivity contribution in [2.24, 2.45) is 0 Å². The summed E-state index contributed by atoms with van der Waals surface area (Å²) in [7, 11) is -3.47. The van der Waals surface area contributed by atoms with E-state index in [1.54, 1.807) is 36.7 Å². The molecule has 6 nitrogen and oxygen atoms in total. The van der Waals surface area contributed by atoms with Crippen LogP contribution in [-0.4, -0.2) is 25.6 Å². The van der Waals surface area contributed by atoms with E-state index in [1.807, 2.05) is 44.2 Å². The average molecular weight is 424 g/mol. The van der Waals surface area contributed by atoms with E-state index in [2.05, 4.69) is 10.3 Å². The summed E-state index contributed by atoms with van der Waals surface area (Å²) in [6, 6.07) is 16.4. The van der Waals surface area contributed by atoms with Crippen molar-refractivity contribution in [2.45, 2.75) is 26.9 Å². The number of nitrogens with zero attached hydrogens (tertiary/aromatic N) is 2. The Morgan fingerprint density at radius 3 is 2.10 bits per heavy atom. The second-order valence-corrected chi connectivity index (χ2v) is 9.26. The van der Waals surface area contributed by atoms with Crippen molar-refractivity contribution < 1.29 is 13.2 Å². The van der Waals surface area contributed by atoms with Gasteiger partial charge in [0.15, 0.2) is 0 Å². The molecule has 0 aliphatic rings. The number of nitrogens with one attached hydrogen (secondary N) is 1. The third kappa shape index (κ3) is 5.67. The summed E-state index contributed by atoms with van der Waals surface area (Å²) >= 11 is 0. The fraction of sp³-hybridized carbons (Fsp3) is 0.217. The molecule has 1 heterocycles. The van der Waals surface area contributed by atoms with E-state index in [-0.39, 0.29) is 12.5 Å². The fourth-order valence-corrected chi connectivity index (χ4v) is 4.08. The number of carbonyl (C=O) groups excluding carboxylic acids is 1. The van der Waals surface area contributed by atoms with Gasteiger partial charge in [-0.05, 0) is 72.5 Å². The van der Waals surface area contributed by atoms with Crippen LogP contribution in [0.3, 0.4) is 0 Å². The molecule has 3 aromatic rings. The Morgan fingerprint density at radius 1 is 0.933 bits per heavy atom. The van der Waals surface area contributed by atoms with Crippen molar-refractivity contribution in [1.82, 2.24) is 10.3 Å². The molecule has 0 saturated carbocycles. The second kappa shape index (κ2) is 9.09. The topological polar surface area (TPSA) is 79.4 Å². The molecule has 7 heteroatoms. The van der Waals surface area contributed by atoms with E-state index in [1.165, 1.54) is 10.6 Å². The number of pyridine rings is 1. The highest BCUT2D eigenvalue weighted by Gasteiger charge is 2.18. The summed E-state index contributed by atoms with van der Waals surface area (Å²) < 4.78 is 26.2. The summed E-state index contributed by atoms with van der Waals surface area (Å²) in [5.41, 5.74) is 4.91. The maximum atomic E-state index is 12.4. The Labute approximate surface area is 177 Å². The number of aryl methyl sites for hydroxylation is 2. The number of amides is 1. The van der Waals surface area contributed by atoms with Crippen molar-refractivity contribution in [1.29, 1.82) is 0 Å². The highest BCUT2D eigenvalue weighted by atomic mass is 32.2. The number of benzene rings is 2. The normalized spacial score (nSPS) is 11.2. The van der Waals surface area contributed by atoms with Crippen LogP contribution in [0.2, 0.25) is 0 Å². The molecule has 0 aliphatic carbocycles. The van der Waals surface area contributed by atoms with Crippen molar-refractivity contribution in [2.75, 3.05) is 10.6 Å². The fourth-order valence-electron chi connectivity index (χ4n) is 3.21. The molecule has 2 aromatic carbocycles. The van der Waals surface area contributed by atoms with Gasteiger partial charge >= 0.3 is 0 Å². The van der Waals surface area contributed by atoms with Gasteiger partial charge in [-0.1, -0.05) is 18.2 Å². The first-order valence-corrected chi connectivity index (χ1v) is 11.4. The van der Waals surface area contributed by atoms with Crippen molar-refractivity contribution in [3.05, 3.63) is 94.8 Å². The Bertz CT molecular complexity index is 1110. The molecule has 0 spiro atoms. The SMILES string of the molecule is Cc1cc(C)cc(N(Cc2ccc(C(=O)NCc3ccncc3)cc2)S(C)(=O)=O)c1. The van der Waals surface area contributed by atoms with E-state index in [9.17, 15) is 13.2 Å². The number of anilines is 1. The Morgan fingerprint density at radius 2 is 1.53 bits per heavy atom. The molecule has 1 N–H and O–H groups in total. The molecule has 30 heavy (non-hydrogen) atoms. The zero-order valence-electron chi connectivity index (χ0n) is 17.3. The molecule has 3 rings (SSSR count). The minimum absolute atomic E-state index is 0.187. The van der Waals surface area contributed by atoms with Gasteiger partial charge < -0.3 is 5.32 Å². The molecule has 156 valence electrons. The zero-order valence-corrected chi connectivity index (χ0v) is 18.1. The molecule has 0 bridgehead atoms. The quantitative estimate of drug-likeness (QED) is 0.630. The highest BCUT2D eigenvalue weighted by molar-refractivity contribution is 7.92. The molecule has 0 radical (unpaired) electrons. The minimum atomic E-state index is -3.47. The summed E-state index contributed by atoms with van der Waals surface area (Å²) in [4.78, 5) is 16.3. The van der Waals surface area contributed by atoms with Gasteiger partial charge in [0.2, 0.25) is 10.0 Å². The van der Waals surface area contributed by atoms with Crippen LogP contribution in [0, 0.1) is 13.8 Å². The van der Waals surface area contributed by atoms with Gasteiger partial charge in [-0.15, -0.1) is 0 Å². The van der Waals surface area contributed by atoms with Gasteiger partial charge in [0.1, 0.15) is 0 Å². The van der Waals surface area contributed by atoms with Crippen LogP contribution in [0.25, 0.3) is 0 Å². The standard InChI is InChI=1S/C23H25N3O3S/c1-17-12-18(2)14-22(13-17)26(30(3,28)29)16-20-4-6-21(7-5-20)23(27)25-15-19-8-10-24-11-9-19/h4-14H,15-16H2,1-3H3,(H,25,27). The van der Waals surface area contributed by atoms with Crippen LogP contribution in [0.15, 0.2) is 67.0 Å². The number of hydrogen-bond donors (Lipinski definition) is 1. The molecule has 1 amide bonds. The molecule has 0 unspecified atom stereocenters. The summed E-state index contributed by atoms with van der Waals surface area (Å²) in [5.74, 6) is -0.187. The van der Waals surface area contributed by atoms with E-state index < -0.39 is 10.0 Å². The lowest BCUT2D eigenvalue weighted by Gasteiger charge is -2.23. The number of hydrogen-bond acceptors (Lipinski definition) is 4. The average Bonchev–Trinajstić information content (AvgIpc) is 2.70. The Balaban J connectivity index is 1.73. The first-order chi connectivity index (χ1) is 14.2. The number of rotatable bonds is 7. The number of sulfonamides is 1. The van der Waals surface area contributed by atoms with Crippen LogP contribution < -0.4 is 9.62 Å². The minimum Gasteiger partial charge on any atom is -0.348 e. The second-order valence-electron chi connectivity index (χ2n) is 7.35. The van der Waals surface area contributed by atoms with Crippen LogP contribution in [0.4, 0.5) is 5.69 Å². The summed E-state index contributed by atoms with van der Waals surface area (Å²) in [6.07, 6.45) is 4.56. The van der Waals surface area contributed by atoms with Gasteiger partial charge in [-0.25, -0.2) is 8.42 Å². The number of aromatic nitrogens is 1. The lowest BCUT2D eigenvalue weighted by Crippen LogP contribution is -2.29. The van der Waals surface area contributed by atoms with Gasteiger partial charge in [-0.2, -0.15) is 0 Å². The van der Waals surface area contributed by atoms with Crippen molar-refractivity contribution >= 4 is 21.6 Å².